The van der Waals surface area contributed by atoms with Gasteiger partial charge in [-0.1, -0.05) is 23.7 Å². The molecule has 1 aromatic carbocycles. The van der Waals surface area contributed by atoms with Crippen LogP contribution in [0.2, 0.25) is 5.02 Å². The molecule has 0 aliphatic carbocycles. The van der Waals surface area contributed by atoms with E-state index in [1.54, 1.807) is 6.20 Å². The second-order valence-corrected chi connectivity index (χ2v) is 5.13. The molecule has 0 bridgehead atoms. The Morgan fingerprint density at radius 3 is 2.72 bits per heavy atom. The second-order valence-electron chi connectivity index (χ2n) is 3.94. The van der Waals surface area contributed by atoms with Gasteiger partial charge in [-0.05, 0) is 45.8 Å². The van der Waals surface area contributed by atoms with Crippen molar-refractivity contribution in [2.24, 2.45) is 0 Å². The average Bonchev–Trinajstić information content (AvgIpc) is 2.70. The monoisotopic (exact) mass is 321 g/mol. The van der Waals surface area contributed by atoms with E-state index in [9.17, 15) is 0 Å². The smallest absolute Gasteiger partial charge is 0.136 e. The SMILES string of the molecule is Clc1ccc(Cc2nc(Br)c3cccnn23)cc1. The van der Waals surface area contributed by atoms with E-state index in [4.69, 9.17) is 11.6 Å². The van der Waals surface area contributed by atoms with Crippen molar-refractivity contribution in [3.05, 3.63) is 63.6 Å². The summed E-state index contributed by atoms with van der Waals surface area (Å²) < 4.78 is 2.66. The number of hydrogen-bond donors (Lipinski definition) is 0. The third kappa shape index (κ3) is 2.13. The van der Waals surface area contributed by atoms with Gasteiger partial charge in [-0.3, -0.25) is 0 Å². The predicted molar refractivity (Wildman–Crippen MR) is 74.9 cm³/mol. The Morgan fingerprint density at radius 1 is 1.17 bits per heavy atom. The molecule has 0 fully saturated rings. The minimum absolute atomic E-state index is 0.723. The summed E-state index contributed by atoms with van der Waals surface area (Å²) in [4.78, 5) is 4.49. The first-order valence-electron chi connectivity index (χ1n) is 5.46. The number of nitrogens with zero attached hydrogens (tertiary/aromatic N) is 3. The highest BCUT2D eigenvalue weighted by molar-refractivity contribution is 9.10. The van der Waals surface area contributed by atoms with Crippen LogP contribution in [0.15, 0.2) is 47.2 Å². The maximum Gasteiger partial charge on any atom is 0.136 e. The molecule has 2 heterocycles. The highest BCUT2D eigenvalue weighted by Crippen LogP contribution is 2.20. The molecule has 0 radical (unpaired) electrons. The molecule has 90 valence electrons. The molecule has 2 aromatic heterocycles. The molecular formula is C13H9BrClN3. The summed E-state index contributed by atoms with van der Waals surface area (Å²) in [5.74, 6) is 0.903. The molecule has 0 aliphatic heterocycles. The number of halogens is 2. The first kappa shape index (κ1) is 11.7. The summed E-state index contributed by atoms with van der Waals surface area (Å²) in [7, 11) is 0. The van der Waals surface area contributed by atoms with E-state index >= 15 is 0 Å². The third-order valence-corrected chi connectivity index (χ3v) is 3.54. The van der Waals surface area contributed by atoms with Gasteiger partial charge in [0.15, 0.2) is 0 Å². The van der Waals surface area contributed by atoms with Gasteiger partial charge < -0.3 is 0 Å². The van der Waals surface area contributed by atoms with Crippen LogP contribution in [0.4, 0.5) is 0 Å². The van der Waals surface area contributed by atoms with E-state index in [2.05, 4.69) is 26.0 Å². The van der Waals surface area contributed by atoms with Gasteiger partial charge in [0.2, 0.25) is 0 Å². The van der Waals surface area contributed by atoms with E-state index in [0.717, 1.165) is 33.0 Å². The van der Waals surface area contributed by atoms with Gasteiger partial charge in [-0.25, -0.2) is 9.50 Å². The number of rotatable bonds is 2. The van der Waals surface area contributed by atoms with Crippen molar-refractivity contribution in [3.8, 4) is 0 Å². The number of aromatic nitrogens is 3. The van der Waals surface area contributed by atoms with Crippen molar-refractivity contribution in [3.63, 3.8) is 0 Å². The van der Waals surface area contributed by atoms with E-state index < -0.39 is 0 Å². The van der Waals surface area contributed by atoms with E-state index in [1.165, 1.54) is 0 Å². The van der Waals surface area contributed by atoms with Gasteiger partial charge in [0.25, 0.3) is 0 Å². The van der Waals surface area contributed by atoms with Gasteiger partial charge in [-0.15, -0.1) is 0 Å². The standard InChI is InChI=1S/C13H9BrClN3/c14-13-11-2-1-7-16-18(11)12(17-13)8-9-3-5-10(15)6-4-9/h1-7H,8H2. The Morgan fingerprint density at radius 2 is 1.94 bits per heavy atom. The van der Waals surface area contributed by atoms with Crippen molar-refractivity contribution in [1.29, 1.82) is 0 Å². The van der Waals surface area contributed by atoms with Gasteiger partial charge >= 0.3 is 0 Å². The Bertz CT molecular complexity index is 691. The lowest BCUT2D eigenvalue weighted by atomic mass is 10.1. The quantitative estimate of drug-likeness (QED) is 0.719. The largest absolute Gasteiger partial charge is 0.223 e. The number of hydrogen-bond acceptors (Lipinski definition) is 2. The van der Waals surface area contributed by atoms with Crippen LogP contribution in [0.3, 0.4) is 0 Å². The minimum atomic E-state index is 0.723. The molecule has 0 saturated carbocycles. The lowest BCUT2D eigenvalue weighted by Crippen LogP contribution is -1.99. The Labute approximate surface area is 118 Å². The van der Waals surface area contributed by atoms with Crippen LogP contribution in [-0.2, 0) is 6.42 Å². The Kier molecular flexibility index (Phi) is 3.06. The van der Waals surface area contributed by atoms with Crippen molar-refractivity contribution in [2.45, 2.75) is 6.42 Å². The molecule has 3 rings (SSSR count). The zero-order valence-electron chi connectivity index (χ0n) is 9.35. The number of fused-ring (bicyclic) bond motifs is 1. The third-order valence-electron chi connectivity index (χ3n) is 2.71. The average molecular weight is 323 g/mol. The molecule has 0 atom stereocenters. The van der Waals surface area contributed by atoms with E-state index in [-0.39, 0.29) is 0 Å². The van der Waals surface area contributed by atoms with Gasteiger partial charge in [0, 0.05) is 17.6 Å². The fourth-order valence-electron chi connectivity index (χ4n) is 1.85. The van der Waals surface area contributed by atoms with Crippen molar-refractivity contribution in [2.75, 3.05) is 0 Å². The summed E-state index contributed by atoms with van der Waals surface area (Å²) in [6.07, 6.45) is 2.48. The normalized spacial score (nSPS) is 11.0. The van der Waals surface area contributed by atoms with Crippen molar-refractivity contribution < 1.29 is 0 Å². The molecule has 3 aromatic rings. The lowest BCUT2D eigenvalue weighted by Gasteiger charge is -2.00. The summed E-state index contributed by atoms with van der Waals surface area (Å²) in [5.41, 5.74) is 2.13. The molecule has 0 spiro atoms. The molecule has 0 saturated heterocycles. The summed E-state index contributed by atoms with van der Waals surface area (Å²) in [5, 5.41) is 5.06. The highest BCUT2D eigenvalue weighted by Gasteiger charge is 2.09. The molecule has 3 nitrogen and oxygen atoms in total. The number of imidazole rings is 1. The van der Waals surface area contributed by atoms with Crippen molar-refractivity contribution in [1.82, 2.24) is 14.6 Å². The summed E-state index contributed by atoms with van der Waals surface area (Å²) >= 11 is 9.32. The first-order chi connectivity index (χ1) is 8.74. The molecular weight excluding hydrogens is 314 g/mol. The topological polar surface area (TPSA) is 30.2 Å². The maximum absolute atomic E-state index is 5.87. The zero-order valence-corrected chi connectivity index (χ0v) is 11.7. The fourth-order valence-corrected chi connectivity index (χ4v) is 2.48. The van der Waals surface area contributed by atoms with Gasteiger partial charge in [-0.2, -0.15) is 5.10 Å². The lowest BCUT2D eigenvalue weighted by molar-refractivity contribution is 0.841. The summed E-state index contributed by atoms with van der Waals surface area (Å²) in [6, 6.07) is 11.6. The predicted octanol–water partition coefficient (Wildman–Crippen LogP) is 3.74. The molecule has 0 N–H and O–H groups in total. The van der Waals surface area contributed by atoms with Gasteiger partial charge in [0.1, 0.15) is 10.4 Å². The van der Waals surface area contributed by atoms with Crippen LogP contribution in [0.5, 0.6) is 0 Å². The van der Waals surface area contributed by atoms with Crippen LogP contribution in [0, 0.1) is 0 Å². The first-order valence-corrected chi connectivity index (χ1v) is 6.64. The maximum atomic E-state index is 5.87. The van der Waals surface area contributed by atoms with Gasteiger partial charge in [0.05, 0.1) is 5.52 Å². The molecule has 5 heteroatoms. The molecule has 0 unspecified atom stereocenters. The van der Waals surface area contributed by atoms with Crippen LogP contribution in [0.25, 0.3) is 5.52 Å². The molecule has 0 aliphatic rings. The Hall–Kier alpha value is -1.39. The summed E-state index contributed by atoms with van der Waals surface area (Å²) in [6.45, 7) is 0. The molecule has 18 heavy (non-hydrogen) atoms. The number of benzene rings is 1. The fraction of sp³-hybridized carbons (Fsp3) is 0.0769. The second kappa shape index (κ2) is 4.71. The zero-order chi connectivity index (χ0) is 12.5. The highest BCUT2D eigenvalue weighted by atomic mass is 79.9. The van der Waals surface area contributed by atoms with Crippen LogP contribution >= 0.6 is 27.5 Å². The van der Waals surface area contributed by atoms with Crippen LogP contribution in [0.1, 0.15) is 11.4 Å². The van der Waals surface area contributed by atoms with Crippen LogP contribution < -0.4 is 0 Å². The van der Waals surface area contributed by atoms with E-state index in [1.807, 2.05) is 40.9 Å². The Balaban J connectivity index is 2.02. The molecule has 0 amide bonds. The van der Waals surface area contributed by atoms with Crippen molar-refractivity contribution >= 4 is 33.0 Å². The van der Waals surface area contributed by atoms with Crippen LogP contribution in [-0.4, -0.2) is 14.6 Å². The minimum Gasteiger partial charge on any atom is -0.223 e. The van der Waals surface area contributed by atoms with E-state index in [0.29, 0.717) is 0 Å².